The Balaban J connectivity index is 1.70. The third-order valence-electron chi connectivity index (χ3n) is 15.9. The zero-order chi connectivity index (χ0) is 74.2. The van der Waals surface area contributed by atoms with Crippen LogP contribution in [-0.4, -0.2) is 249 Å². The molecule has 1 aromatic carbocycles. The molecule has 2 aromatic rings. The van der Waals surface area contributed by atoms with Gasteiger partial charge in [-0.3, -0.25) is 71.9 Å². The van der Waals surface area contributed by atoms with Crippen LogP contribution in [0.2, 0.25) is 0 Å². The highest BCUT2D eigenvalue weighted by Crippen LogP contribution is 2.21. The lowest BCUT2D eigenvalue weighted by Crippen LogP contribution is -2.60. The van der Waals surface area contributed by atoms with E-state index in [1.54, 1.807) is 58.2 Å². The van der Waals surface area contributed by atoms with E-state index in [0.29, 0.717) is 29.3 Å². The van der Waals surface area contributed by atoms with Crippen molar-refractivity contribution >= 4 is 106 Å². The van der Waals surface area contributed by atoms with Crippen LogP contribution in [0, 0.1) is 11.8 Å². The molecule has 0 saturated carbocycles. The molecule has 38 nitrogen and oxygen atoms in total. The van der Waals surface area contributed by atoms with Crippen LogP contribution in [0.15, 0.2) is 30.5 Å². The first kappa shape index (κ1) is 83.3. The van der Waals surface area contributed by atoms with Gasteiger partial charge in [0.2, 0.25) is 82.7 Å². The summed E-state index contributed by atoms with van der Waals surface area (Å²) in [6.45, 7) is 2.86. The minimum absolute atomic E-state index is 0.0197. The first-order valence-electron chi connectivity index (χ1n) is 32.2. The Morgan fingerprint density at radius 3 is 1.71 bits per heavy atom. The number of aromatic amines is 1. The number of carbonyl (C=O) groups is 16. The summed E-state index contributed by atoms with van der Waals surface area (Å²) in [4.78, 5) is 214. The van der Waals surface area contributed by atoms with Crippen molar-refractivity contribution in [1.29, 1.82) is 0 Å². The maximum atomic E-state index is 14.6. The van der Waals surface area contributed by atoms with Crippen LogP contribution in [-0.2, 0) is 83.1 Å². The number of aliphatic hydroxyl groups excluding tert-OH is 3. The highest BCUT2D eigenvalue weighted by molar-refractivity contribution is 6.00. The number of aromatic nitrogens is 1. The van der Waals surface area contributed by atoms with Crippen molar-refractivity contribution < 1.29 is 102 Å². The van der Waals surface area contributed by atoms with Gasteiger partial charge in [0.25, 0.3) is 0 Å². The number of carbonyl (C=O) groups excluding carboxylic acids is 14. The summed E-state index contributed by atoms with van der Waals surface area (Å²) in [5.41, 5.74) is 18.6. The maximum Gasteiger partial charge on any atom is 0.328 e. The van der Waals surface area contributed by atoms with E-state index in [1.807, 2.05) is 5.32 Å². The van der Waals surface area contributed by atoms with Crippen LogP contribution in [0.5, 0.6) is 0 Å². The molecule has 1 saturated heterocycles. The fourth-order valence-corrected chi connectivity index (χ4v) is 10.0. The third-order valence-corrected chi connectivity index (χ3v) is 15.9. The van der Waals surface area contributed by atoms with E-state index in [1.165, 1.54) is 6.92 Å². The number of amides is 14. The Morgan fingerprint density at radius 2 is 1.11 bits per heavy atom. The maximum absolute atomic E-state index is 14.6. The minimum Gasteiger partial charge on any atom is -0.481 e. The lowest BCUT2D eigenvalue weighted by atomic mass is 9.98. The van der Waals surface area contributed by atoms with Gasteiger partial charge in [-0.2, -0.15) is 0 Å². The molecule has 14 amide bonds. The molecule has 1 aliphatic heterocycles. The number of nitrogens with one attached hydrogen (secondary N) is 13. The van der Waals surface area contributed by atoms with Gasteiger partial charge >= 0.3 is 11.9 Å². The molecule has 12 atom stereocenters. The number of nitrogens with two attached hydrogens (primary N) is 3. The Kier molecular flexibility index (Phi) is 35.4. The van der Waals surface area contributed by atoms with Gasteiger partial charge in [0, 0.05) is 36.5 Å². The van der Waals surface area contributed by atoms with Gasteiger partial charge in [-0.05, 0) is 81.9 Å². The Bertz CT molecular complexity index is 3180. The second-order valence-electron chi connectivity index (χ2n) is 24.1. The number of likely N-dealkylation sites (tertiary alicyclic amines) is 1. The SMILES string of the molecule is CC[C@H](C)[C@H](N)C(=O)N[C@@H](CCC(=O)O)C(=O)N[C@@H](Cc1c[nH]c2ccccc12)C(=O)N[C@@H](CC(C)C)C(=O)N[C@@H](CCCCN)C(=O)N[C@@H](CC(N)=O)C(=O)NCC(=O)NCC(=O)N1CCC[C@H]1C(=O)N[C@@H](CO)C(=O)N[C@@H](CO)C(=O)NCC(=O)N[C@@H](C)C(=O)N[C@@H](CO)C(=O)O. The summed E-state index contributed by atoms with van der Waals surface area (Å²) in [5.74, 6) is -17.1. The molecule has 1 aliphatic rings. The van der Waals surface area contributed by atoms with E-state index < -0.39 is 213 Å². The number of nitrogens with zero attached hydrogens (tertiary/aromatic N) is 1. The summed E-state index contributed by atoms with van der Waals surface area (Å²) < 4.78 is 0. The molecule has 99 heavy (non-hydrogen) atoms. The zero-order valence-electron chi connectivity index (χ0n) is 55.8. The molecule has 550 valence electrons. The number of rotatable bonds is 44. The standard InChI is InChI=1S/C61H95N17O21/c1-6-31(4)50(64)60(97)71-37(16-17-49(86)87)55(92)73-39(21-33-23-65-35-13-8-7-12-34(33)35)57(94)72-38(20-30(2)3)56(93)70-36(14-9-10-18-62)54(91)74-40(22-45(63)82)52(89)67-24-46(83)66-26-48(85)78-19-11-15-44(78)59(96)76-42(28-80)58(95)75-41(27-79)53(90)68-25-47(84)69-32(5)51(88)77-43(29-81)61(98)99/h7-8,12-13,23,30-32,36-44,50,65,79-81H,6,9-11,14-22,24-29,62,64H2,1-5H3,(H2,63,82)(H,66,83)(H,67,89)(H,68,90)(H,69,84)(H,70,93)(H,71,97)(H,72,94)(H,73,92)(H,74,91)(H,75,95)(H,76,96)(H,77,88)(H,86,87)(H,98,99)/t31-,32-,36-,37-,38-,39-,40-,41-,42-,43-,44-,50-/m0/s1. The monoisotopic (exact) mass is 1400 g/mol. The fraction of sp³-hybridized carbons (Fsp3) is 0.607. The average molecular weight is 1400 g/mol. The Labute approximate surface area is 569 Å². The van der Waals surface area contributed by atoms with E-state index in [9.17, 15) is 92.0 Å². The van der Waals surface area contributed by atoms with Gasteiger partial charge in [-0.1, -0.05) is 52.3 Å². The van der Waals surface area contributed by atoms with Crippen molar-refractivity contribution in [3.8, 4) is 0 Å². The summed E-state index contributed by atoms with van der Waals surface area (Å²) >= 11 is 0. The van der Waals surface area contributed by atoms with Gasteiger partial charge in [0.1, 0.15) is 60.4 Å². The number of aliphatic hydroxyl groups is 3. The number of fused-ring (bicyclic) bond motifs is 1. The van der Waals surface area contributed by atoms with Crippen LogP contribution >= 0.6 is 0 Å². The number of carboxylic acid groups (broad SMARTS) is 2. The zero-order valence-corrected chi connectivity index (χ0v) is 55.8. The van der Waals surface area contributed by atoms with Gasteiger partial charge in [-0.25, -0.2) is 4.79 Å². The number of unbranched alkanes of at least 4 members (excludes halogenated alkanes) is 1. The fourth-order valence-electron chi connectivity index (χ4n) is 10.0. The van der Waals surface area contributed by atoms with E-state index >= 15 is 0 Å². The van der Waals surface area contributed by atoms with Crippen molar-refractivity contribution in [1.82, 2.24) is 73.7 Å². The lowest BCUT2D eigenvalue weighted by Gasteiger charge is -2.28. The van der Waals surface area contributed by atoms with E-state index in [4.69, 9.17) is 27.4 Å². The molecule has 3 rings (SSSR count). The molecule has 24 N–H and O–H groups in total. The third kappa shape index (κ3) is 27.9. The van der Waals surface area contributed by atoms with Crippen molar-refractivity contribution in [2.45, 2.75) is 172 Å². The first-order valence-corrected chi connectivity index (χ1v) is 32.2. The number of carboxylic acids is 2. The van der Waals surface area contributed by atoms with Crippen molar-refractivity contribution in [3.63, 3.8) is 0 Å². The van der Waals surface area contributed by atoms with E-state index in [2.05, 4.69) is 63.5 Å². The van der Waals surface area contributed by atoms with Crippen molar-refractivity contribution in [2.24, 2.45) is 29.0 Å². The molecule has 0 radical (unpaired) electrons. The number of hydrogen-bond acceptors (Lipinski definition) is 21. The minimum atomic E-state index is -1.77. The van der Waals surface area contributed by atoms with Crippen LogP contribution in [0.25, 0.3) is 10.9 Å². The molecule has 2 heterocycles. The van der Waals surface area contributed by atoms with Gasteiger partial charge in [0.05, 0.1) is 51.9 Å². The lowest BCUT2D eigenvalue weighted by molar-refractivity contribution is -0.143. The summed E-state index contributed by atoms with van der Waals surface area (Å²) in [6, 6.07) is -9.36. The molecule has 0 aliphatic carbocycles. The number of primary amides is 1. The number of para-hydroxylation sites is 1. The summed E-state index contributed by atoms with van der Waals surface area (Å²) in [5, 5.41) is 76.2. The van der Waals surface area contributed by atoms with Gasteiger partial charge < -0.3 is 116 Å². The second kappa shape index (κ2) is 42.0. The topological polar surface area (TPSA) is 616 Å². The second-order valence-corrected chi connectivity index (χ2v) is 24.1. The predicted molar refractivity (Wildman–Crippen MR) is 348 cm³/mol. The van der Waals surface area contributed by atoms with Crippen molar-refractivity contribution in [3.05, 3.63) is 36.0 Å². The normalized spacial score (nSPS) is 16.0. The average Bonchev–Trinajstić information content (AvgIpc) is 1.73. The largest absolute Gasteiger partial charge is 0.481 e. The Morgan fingerprint density at radius 1 is 0.586 bits per heavy atom. The molecule has 0 bridgehead atoms. The van der Waals surface area contributed by atoms with Crippen LogP contribution in [0.1, 0.15) is 104 Å². The number of hydrogen-bond donors (Lipinski definition) is 21. The van der Waals surface area contributed by atoms with Gasteiger partial charge in [-0.15, -0.1) is 0 Å². The molecular formula is C61H95N17O21. The van der Waals surface area contributed by atoms with Crippen molar-refractivity contribution in [2.75, 3.05) is 52.5 Å². The molecular weight excluding hydrogens is 1310 g/mol. The van der Waals surface area contributed by atoms with Crippen LogP contribution in [0.4, 0.5) is 0 Å². The quantitative estimate of drug-likeness (QED) is 0.0274. The molecule has 0 spiro atoms. The Hall–Kier alpha value is -9.92. The summed E-state index contributed by atoms with van der Waals surface area (Å²) in [7, 11) is 0. The number of H-pyrrole nitrogens is 1. The first-order chi connectivity index (χ1) is 46.8. The molecule has 0 unspecified atom stereocenters. The van der Waals surface area contributed by atoms with E-state index in [0.717, 1.165) is 4.90 Å². The van der Waals surface area contributed by atoms with Crippen LogP contribution in [0.3, 0.4) is 0 Å². The molecule has 1 fully saturated rings. The van der Waals surface area contributed by atoms with Gasteiger partial charge in [0.15, 0.2) is 0 Å². The van der Waals surface area contributed by atoms with E-state index in [-0.39, 0.29) is 69.9 Å². The van der Waals surface area contributed by atoms with Crippen LogP contribution < -0.4 is 81.0 Å². The highest BCUT2D eigenvalue weighted by Gasteiger charge is 2.38. The molecule has 38 heteroatoms. The molecule has 1 aromatic heterocycles. The smallest absolute Gasteiger partial charge is 0.328 e. The predicted octanol–water partition coefficient (Wildman–Crippen LogP) is -8.22. The number of aliphatic carboxylic acids is 2. The summed E-state index contributed by atoms with van der Waals surface area (Å²) in [6.07, 6.45) is 0.921. The number of benzene rings is 1. The highest BCUT2D eigenvalue weighted by atomic mass is 16.4.